The Hall–Kier alpha value is -1.69. The van der Waals surface area contributed by atoms with Gasteiger partial charge in [-0.3, -0.25) is 0 Å². The predicted octanol–water partition coefficient (Wildman–Crippen LogP) is 1.99. The maximum atomic E-state index is 9.23. The van der Waals surface area contributed by atoms with Crippen LogP contribution in [0.2, 0.25) is 5.15 Å². The number of aromatic nitrogens is 2. The molecule has 0 bridgehead atoms. The molecular formula is C15H16ClN3O2. The van der Waals surface area contributed by atoms with Gasteiger partial charge in [0.2, 0.25) is 0 Å². The second kappa shape index (κ2) is 6.39. The van der Waals surface area contributed by atoms with Crippen molar-refractivity contribution in [2.45, 2.75) is 6.10 Å². The van der Waals surface area contributed by atoms with Crippen molar-refractivity contribution in [3.05, 3.63) is 41.6 Å². The molecule has 1 unspecified atom stereocenters. The van der Waals surface area contributed by atoms with Crippen LogP contribution >= 0.6 is 11.6 Å². The molecule has 3 rings (SSSR count). The highest BCUT2D eigenvalue weighted by Gasteiger charge is 2.21. The van der Waals surface area contributed by atoms with Gasteiger partial charge in [0, 0.05) is 24.7 Å². The second-order valence-corrected chi connectivity index (χ2v) is 5.25. The van der Waals surface area contributed by atoms with Crippen molar-refractivity contribution in [1.82, 2.24) is 9.97 Å². The molecule has 5 nitrogen and oxygen atoms in total. The standard InChI is InChI=1S/C15H16ClN3O2/c16-13-8-14(19-6-7-21-12(9-19)10-20)18-15(17-13)11-4-2-1-3-5-11/h1-5,8,12,20H,6-7,9-10H2. The molecule has 1 fully saturated rings. The van der Waals surface area contributed by atoms with E-state index < -0.39 is 0 Å². The van der Waals surface area contributed by atoms with Crippen LogP contribution in [0.1, 0.15) is 0 Å². The Kier molecular flexibility index (Phi) is 4.34. The van der Waals surface area contributed by atoms with Gasteiger partial charge in [-0.25, -0.2) is 9.97 Å². The lowest BCUT2D eigenvalue weighted by molar-refractivity contribution is 0.00336. The first-order valence-corrected chi connectivity index (χ1v) is 7.21. The van der Waals surface area contributed by atoms with Crippen LogP contribution in [0.25, 0.3) is 11.4 Å². The van der Waals surface area contributed by atoms with Crippen molar-refractivity contribution in [2.75, 3.05) is 31.2 Å². The van der Waals surface area contributed by atoms with Crippen molar-refractivity contribution in [1.29, 1.82) is 0 Å². The maximum absolute atomic E-state index is 9.23. The van der Waals surface area contributed by atoms with Crippen LogP contribution in [0.4, 0.5) is 5.82 Å². The molecule has 0 amide bonds. The monoisotopic (exact) mass is 305 g/mol. The molecule has 21 heavy (non-hydrogen) atoms. The van der Waals surface area contributed by atoms with Crippen molar-refractivity contribution in [3.8, 4) is 11.4 Å². The highest BCUT2D eigenvalue weighted by atomic mass is 35.5. The zero-order valence-corrected chi connectivity index (χ0v) is 12.2. The number of hydrogen-bond donors (Lipinski definition) is 1. The molecule has 1 saturated heterocycles. The normalized spacial score (nSPS) is 18.8. The Morgan fingerprint density at radius 1 is 1.29 bits per heavy atom. The van der Waals surface area contributed by atoms with Crippen LogP contribution < -0.4 is 4.90 Å². The van der Waals surface area contributed by atoms with E-state index in [1.807, 2.05) is 30.3 Å². The number of ether oxygens (including phenoxy) is 1. The molecule has 2 aromatic rings. The minimum atomic E-state index is -0.187. The molecule has 1 aliphatic heterocycles. The van der Waals surface area contributed by atoms with Crippen LogP contribution in [0.5, 0.6) is 0 Å². The summed E-state index contributed by atoms with van der Waals surface area (Å²) in [6.07, 6.45) is -0.187. The number of anilines is 1. The molecule has 1 atom stereocenters. The van der Waals surface area contributed by atoms with Gasteiger partial charge in [-0.1, -0.05) is 41.9 Å². The van der Waals surface area contributed by atoms with Gasteiger partial charge < -0.3 is 14.7 Å². The summed E-state index contributed by atoms with van der Waals surface area (Å²) in [4.78, 5) is 10.9. The summed E-state index contributed by atoms with van der Waals surface area (Å²) in [5.41, 5.74) is 0.924. The quantitative estimate of drug-likeness (QED) is 0.879. The van der Waals surface area contributed by atoms with Gasteiger partial charge in [0.25, 0.3) is 0 Å². The molecule has 1 aromatic carbocycles. The highest BCUT2D eigenvalue weighted by molar-refractivity contribution is 6.29. The van der Waals surface area contributed by atoms with Gasteiger partial charge in [-0.15, -0.1) is 0 Å². The molecule has 0 spiro atoms. The lowest BCUT2D eigenvalue weighted by Crippen LogP contribution is -2.44. The summed E-state index contributed by atoms with van der Waals surface area (Å²) in [5, 5.41) is 9.64. The number of halogens is 1. The average molecular weight is 306 g/mol. The van der Waals surface area contributed by atoms with Gasteiger partial charge >= 0.3 is 0 Å². The Balaban J connectivity index is 1.91. The number of aliphatic hydroxyl groups is 1. The minimum absolute atomic E-state index is 0.000851. The van der Waals surface area contributed by atoms with Crippen LogP contribution in [0, 0.1) is 0 Å². The van der Waals surface area contributed by atoms with E-state index in [9.17, 15) is 5.11 Å². The van der Waals surface area contributed by atoms with Crippen LogP contribution in [0.3, 0.4) is 0 Å². The van der Waals surface area contributed by atoms with Crippen LogP contribution in [0.15, 0.2) is 36.4 Å². The third-order valence-electron chi connectivity index (χ3n) is 3.38. The van der Waals surface area contributed by atoms with Crippen molar-refractivity contribution >= 4 is 17.4 Å². The Morgan fingerprint density at radius 2 is 2.10 bits per heavy atom. The molecule has 0 radical (unpaired) electrons. The molecule has 0 aliphatic carbocycles. The second-order valence-electron chi connectivity index (χ2n) is 4.86. The van der Waals surface area contributed by atoms with Gasteiger partial charge in [-0.05, 0) is 0 Å². The fourth-order valence-electron chi connectivity index (χ4n) is 2.32. The van der Waals surface area contributed by atoms with Gasteiger partial charge in [-0.2, -0.15) is 0 Å². The number of benzene rings is 1. The Morgan fingerprint density at radius 3 is 2.86 bits per heavy atom. The summed E-state index contributed by atoms with van der Waals surface area (Å²) in [5.74, 6) is 1.36. The summed E-state index contributed by atoms with van der Waals surface area (Å²) >= 11 is 6.13. The molecule has 0 saturated carbocycles. The lowest BCUT2D eigenvalue weighted by Gasteiger charge is -2.33. The first kappa shape index (κ1) is 14.3. The molecular weight excluding hydrogens is 290 g/mol. The highest BCUT2D eigenvalue weighted by Crippen LogP contribution is 2.23. The SMILES string of the molecule is OCC1CN(c2cc(Cl)nc(-c3ccccc3)n2)CCO1. The number of aliphatic hydroxyl groups excluding tert-OH is 1. The first-order chi connectivity index (χ1) is 10.3. The van der Waals surface area contributed by atoms with E-state index in [1.54, 1.807) is 6.07 Å². The van der Waals surface area contributed by atoms with Crippen LogP contribution in [-0.4, -0.2) is 47.5 Å². The fraction of sp³-hybridized carbons (Fsp3) is 0.333. The van der Waals surface area contributed by atoms with E-state index in [0.717, 1.165) is 17.9 Å². The molecule has 1 N–H and O–H groups in total. The average Bonchev–Trinajstić information content (AvgIpc) is 2.55. The minimum Gasteiger partial charge on any atom is -0.394 e. The topological polar surface area (TPSA) is 58.5 Å². The fourth-order valence-corrected chi connectivity index (χ4v) is 2.50. The van der Waals surface area contributed by atoms with Crippen molar-refractivity contribution < 1.29 is 9.84 Å². The molecule has 1 aromatic heterocycles. The van der Waals surface area contributed by atoms with E-state index in [0.29, 0.717) is 24.1 Å². The van der Waals surface area contributed by atoms with Gasteiger partial charge in [0.1, 0.15) is 11.0 Å². The zero-order valence-electron chi connectivity index (χ0n) is 11.4. The predicted molar refractivity (Wildman–Crippen MR) is 81.5 cm³/mol. The number of rotatable bonds is 3. The van der Waals surface area contributed by atoms with Gasteiger partial charge in [0.05, 0.1) is 19.3 Å². The van der Waals surface area contributed by atoms with E-state index in [2.05, 4.69) is 14.9 Å². The van der Waals surface area contributed by atoms with Crippen LogP contribution in [-0.2, 0) is 4.74 Å². The number of hydrogen-bond acceptors (Lipinski definition) is 5. The summed E-state index contributed by atoms with van der Waals surface area (Å²) in [7, 11) is 0. The smallest absolute Gasteiger partial charge is 0.163 e. The third-order valence-corrected chi connectivity index (χ3v) is 3.57. The lowest BCUT2D eigenvalue weighted by atomic mass is 10.2. The molecule has 6 heteroatoms. The Bertz CT molecular complexity index is 609. The summed E-state index contributed by atoms with van der Waals surface area (Å²) in [6, 6.07) is 11.5. The number of nitrogens with zero attached hydrogens (tertiary/aromatic N) is 3. The van der Waals surface area contributed by atoms with E-state index >= 15 is 0 Å². The Labute approximate surface area is 128 Å². The van der Waals surface area contributed by atoms with Crippen molar-refractivity contribution in [2.24, 2.45) is 0 Å². The van der Waals surface area contributed by atoms with Crippen molar-refractivity contribution in [3.63, 3.8) is 0 Å². The zero-order chi connectivity index (χ0) is 14.7. The van der Waals surface area contributed by atoms with E-state index in [1.165, 1.54) is 0 Å². The third kappa shape index (κ3) is 3.32. The molecule has 110 valence electrons. The largest absolute Gasteiger partial charge is 0.394 e. The molecule has 1 aliphatic rings. The maximum Gasteiger partial charge on any atom is 0.163 e. The number of morpholine rings is 1. The first-order valence-electron chi connectivity index (χ1n) is 6.83. The van der Waals surface area contributed by atoms with E-state index in [-0.39, 0.29) is 12.7 Å². The summed E-state index contributed by atoms with van der Waals surface area (Å²) < 4.78 is 5.46. The molecule has 2 heterocycles. The summed E-state index contributed by atoms with van der Waals surface area (Å²) in [6.45, 7) is 1.88. The van der Waals surface area contributed by atoms with E-state index in [4.69, 9.17) is 16.3 Å². The van der Waals surface area contributed by atoms with Gasteiger partial charge in [0.15, 0.2) is 5.82 Å².